The Bertz CT molecular complexity index is 259. The summed E-state index contributed by atoms with van der Waals surface area (Å²) in [6.07, 6.45) is 1.38. The van der Waals surface area contributed by atoms with Gasteiger partial charge < -0.3 is 0 Å². The molecule has 0 heteroatoms. The van der Waals surface area contributed by atoms with Crippen molar-refractivity contribution in [3.63, 3.8) is 0 Å². The SMILES string of the molecule is CC(C)CC(C(C)C)C(C(C)C)C(C(C)C)C(C)C(C)C. The van der Waals surface area contributed by atoms with E-state index in [4.69, 9.17) is 0 Å². The first-order chi connectivity index (χ1) is 9.50. The van der Waals surface area contributed by atoms with Gasteiger partial charge in [0.2, 0.25) is 0 Å². The molecule has 0 rings (SSSR count). The van der Waals surface area contributed by atoms with E-state index in [0.717, 1.165) is 53.3 Å². The predicted octanol–water partition coefficient (Wildman–Crippen LogP) is 7.14. The molecule has 0 spiro atoms. The molecule has 0 aliphatic heterocycles. The topological polar surface area (TPSA) is 0 Å². The monoisotopic (exact) mass is 296 g/mol. The highest BCUT2D eigenvalue weighted by Gasteiger charge is 2.38. The maximum absolute atomic E-state index is 2.50. The summed E-state index contributed by atoms with van der Waals surface area (Å²) in [5, 5.41) is 0. The molecular weight excluding hydrogens is 252 g/mol. The Morgan fingerprint density at radius 3 is 1.14 bits per heavy atom. The molecule has 0 aliphatic rings. The zero-order chi connectivity index (χ0) is 16.9. The van der Waals surface area contributed by atoms with Crippen LogP contribution in [0.3, 0.4) is 0 Å². The number of hydrogen-bond acceptors (Lipinski definition) is 0. The summed E-state index contributed by atoms with van der Waals surface area (Å²) in [7, 11) is 0. The lowest BCUT2D eigenvalue weighted by atomic mass is 9.60. The van der Waals surface area contributed by atoms with Crippen LogP contribution in [-0.4, -0.2) is 0 Å². The lowest BCUT2D eigenvalue weighted by molar-refractivity contribution is 0.0334. The summed E-state index contributed by atoms with van der Waals surface area (Å²) in [5.74, 6) is 7.31. The lowest BCUT2D eigenvalue weighted by Gasteiger charge is -2.45. The van der Waals surface area contributed by atoms with Gasteiger partial charge in [0.1, 0.15) is 0 Å². The maximum atomic E-state index is 2.50. The molecule has 0 amide bonds. The molecule has 0 fully saturated rings. The number of rotatable bonds is 9. The minimum Gasteiger partial charge on any atom is -0.0628 e. The fraction of sp³-hybridized carbons (Fsp3) is 1.00. The van der Waals surface area contributed by atoms with E-state index in [2.05, 4.69) is 76.2 Å². The van der Waals surface area contributed by atoms with Gasteiger partial charge in [-0.15, -0.1) is 0 Å². The van der Waals surface area contributed by atoms with E-state index in [0.29, 0.717) is 0 Å². The minimum atomic E-state index is 0.781. The van der Waals surface area contributed by atoms with Crippen LogP contribution in [0.5, 0.6) is 0 Å². The lowest BCUT2D eigenvalue weighted by Crippen LogP contribution is -2.39. The molecule has 0 aromatic rings. The summed E-state index contributed by atoms with van der Waals surface area (Å²) < 4.78 is 0. The Morgan fingerprint density at radius 1 is 0.476 bits per heavy atom. The van der Waals surface area contributed by atoms with Gasteiger partial charge in [-0.1, -0.05) is 76.2 Å². The van der Waals surface area contributed by atoms with Gasteiger partial charge in [0.15, 0.2) is 0 Å². The van der Waals surface area contributed by atoms with E-state index >= 15 is 0 Å². The maximum Gasteiger partial charge on any atom is -0.0327 e. The molecule has 0 aromatic heterocycles. The molecular formula is C21H44. The van der Waals surface area contributed by atoms with Gasteiger partial charge in [0, 0.05) is 0 Å². The molecule has 0 aromatic carbocycles. The van der Waals surface area contributed by atoms with E-state index in [1.807, 2.05) is 0 Å². The first-order valence-corrected chi connectivity index (χ1v) is 9.50. The Morgan fingerprint density at radius 2 is 0.905 bits per heavy atom. The van der Waals surface area contributed by atoms with Crippen molar-refractivity contribution in [2.45, 2.75) is 82.6 Å². The highest BCUT2D eigenvalue weighted by Crippen LogP contribution is 2.45. The van der Waals surface area contributed by atoms with E-state index in [1.54, 1.807) is 0 Å². The number of hydrogen-bond donors (Lipinski definition) is 0. The normalized spacial score (nSPS) is 18.9. The first-order valence-electron chi connectivity index (χ1n) is 9.50. The van der Waals surface area contributed by atoms with E-state index in [9.17, 15) is 0 Å². The van der Waals surface area contributed by atoms with Crippen LogP contribution in [0.25, 0.3) is 0 Å². The third kappa shape index (κ3) is 6.33. The molecule has 0 saturated heterocycles. The standard InChI is InChI=1S/C21H44/c1-13(2)12-19(15(5)6)21(17(9)10)20(16(7)8)18(11)14(3)4/h13-21H,12H2,1-11H3. The van der Waals surface area contributed by atoms with Crippen LogP contribution in [0.2, 0.25) is 0 Å². The molecule has 0 saturated carbocycles. The van der Waals surface area contributed by atoms with Crippen molar-refractivity contribution in [2.24, 2.45) is 53.3 Å². The smallest absolute Gasteiger partial charge is 0.0327 e. The van der Waals surface area contributed by atoms with E-state index < -0.39 is 0 Å². The summed E-state index contributed by atoms with van der Waals surface area (Å²) >= 11 is 0. The predicted molar refractivity (Wildman–Crippen MR) is 98.4 cm³/mol. The van der Waals surface area contributed by atoms with Crippen LogP contribution in [0.15, 0.2) is 0 Å². The largest absolute Gasteiger partial charge is 0.0628 e. The third-order valence-electron chi connectivity index (χ3n) is 5.74. The highest BCUT2D eigenvalue weighted by atomic mass is 14.4. The van der Waals surface area contributed by atoms with Crippen molar-refractivity contribution >= 4 is 0 Å². The van der Waals surface area contributed by atoms with Gasteiger partial charge in [-0.25, -0.2) is 0 Å². The first kappa shape index (κ1) is 21.0. The molecule has 128 valence electrons. The fourth-order valence-corrected chi connectivity index (χ4v) is 4.49. The van der Waals surface area contributed by atoms with Crippen molar-refractivity contribution in [1.82, 2.24) is 0 Å². The zero-order valence-corrected chi connectivity index (χ0v) is 16.9. The Labute approximate surface area is 136 Å². The van der Waals surface area contributed by atoms with Crippen LogP contribution in [0, 0.1) is 53.3 Å². The quantitative estimate of drug-likeness (QED) is 0.424. The fourth-order valence-electron chi connectivity index (χ4n) is 4.49. The van der Waals surface area contributed by atoms with Crippen molar-refractivity contribution < 1.29 is 0 Å². The zero-order valence-electron chi connectivity index (χ0n) is 16.9. The minimum absolute atomic E-state index is 0.781. The second-order valence-corrected chi connectivity index (χ2v) is 9.28. The van der Waals surface area contributed by atoms with Crippen molar-refractivity contribution in [3.8, 4) is 0 Å². The summed E-state index contributed by atoms with van der Waals surface area (Å²) in [5.41, 5.74) is 0. The average molecular weight is 297 g/mol. The summed E-state index contributed by atoms with van der Waals surface area (Å²) in [4.78, 5) is 0. The Hall–Kier alpha value is 0. The second-order valence-electron chi connectivity index (χ2n) is 9.28. The molecule has 0 nitrogen and oxygen atoms in total. The molecule has 0 bridgehead atoms. The second kappa shape index (κ2) is 9.21. The molecule has 0 N–H and O–H groups in total. The van der Waals surface area contributed by atoms with Gasteiger partial charge >= 0.3 is 0 Å². The van der Waals surface area contributed by atoms with Crippen LogP contribution in [0.4, 0.5) is 0 Å². The van der Waals surface area contributed by atoms with Gasteiger partial charge in [-0.2, -0.15) is 0 Å². The van der Waals surface area contributed by atoms with Gasteiger partial charge in [-0.3, -0.25) is 0 Å². The molecule has 4 unspecified atom stereocenters. The van der Waals surface area contributed by atoms with E-state index in [1.165, 1.54) is 6.42 Å². The Kier molecular flexibility index (Phi) is 9.21. The molecule has 4 atom stereocenters. The van der Waals surface area contributed by atoms with Crippen LogP contribution < -0.4 is 0 Å². The van der Waals surface area contributed by atoms with Crippen LogP contribution in [0.1, 0.15) is 82.6 Å². The van der Waals surface area contributed by atoms with Gasteiger partial charge in [0.25, 0.3) is 0 Å². The van der Waals surface area contributed by atoms with Crippen LogP contribution >= 0.6 is 0 Å². The molecule has 0 aliphatic carbocycles. The molecule has 0 heterocycles. The van der Waals surface area contributed by atoms with Crippen molar-refractivity contribution in [2.75, 3.05) is 0 Å². The average Bonchev–Trinajstić information content (AvgIpc) is 2.30. The summed E-state index contributed by atoms with van der Waals surface area (Å²) in [6.45, 7) is 26.8. The Balaban J connectivity index is 5.56. The van der Waals surface area contributed by atoms with Crippen LogP contribution in [-0.2, 0) is 0 Å². The van der Waals surface area contributed by atoms with Gasteiger partial charge in [-0.05, 0) is 59.7 Å². The third-order valence-corrected chi connectivity index (χ3v) is 5.74. The molecule has 0 radical (unpaired) electrons. The van der Waals surface area contributed by atoms with Crippen molar-refractivity contribution in [1.29, 1.82) is 0 Å². The summed E-state index contributed by atoms with van der Waals surface area (Å²) in [6, 6.07) is 0. The van der Waals surface area contributed by atoms with Crippen molar-refractivity contribution in [3.05, 3.63) is 0 Å². The van der Waals surface area contributed by atoms with Gasteiger partial charge in [0.05, 0.1) is 0 Å². The van der Waals surface area contributed by atoms with E-state index in [-0.39, 0.29) is 0 Å². The molecule has 21 heavy (non-hydrogen) atoms. The highest BCUT2D eigenvalue weighted by molar-refractivity contribution is 4.87.